The van der Waals surface area contributed by atoms with Gasteiger partial charge in [0, 0.05) is 50.0 Å². The van der Waals surface area contributed by atoms with E-state index in [1.165, 1.54) is 0 Å². The van der Waals surface area contributed by atoms with E-state index in [0.717, 1.165) is 35.3 Å². The minimum atomic E-state index is -0.428. The molecule has 0 bridgehead atoms. The highest BCUT2D eigenvalue weighted by Crippen LogP contribution is 2.35. The summed E-state index contributed by atoms with van der Waals surface area (Å²) in [6.45, 7) is 0.484. The van der Waals surface area contributed by atoms with Crippen LogP contribution in [-0.4, -0.2) is 37.2 Å². The van der Waals surface area contributed by atoms with E-state index in [2.05, 4.69) is 66.0 Å². The summed E-state index contributed by atoms with van der Waals surface area (Å²) in [5, 5.41) is 19.6. The number of benzene rings is 1. The summed E-state index contributed by atoms with van der Waals surface area (Å²) in [5.74, 6) is -0.0520. The first-order valence-electron chi connectivity index (χ1n) is 10.5. The Morgan fingerprint density at radius 3 is 2.79 bits per heavy atom. The molecule has 34 heavy (non-hydrogen) atoms. The molecule has 0 spiro atoms. The second-order valence-electron chi connectivity index (χ2n) is 7.85. The van der Waals surface area contributed by atoms with Crippen LogP contribution in [0.1, 0.15) is 28.8 Å². The van der Waals surface area contributed by atoms with Crippen molar-refractivity contribution in [2.75, 3.05) is 6.54 Å². The number of amides is 1. The zero-order valence-electron chi connectivity index (χ0n) is 17.6. The van der Waals surface area contributed by atoms with Crippen molar-refractivity contribution < 1.29 is 9.21 Å². The molecule has 0 saturated heterocycles. The van der Waals surface area contributed by atoms with Gasteiger partial charge in [-0.15, -0.1) is 10.2 Å². The molecule has 1 atom stereocenters. The fraction of sp³-hybridized carbons (Fsp3) is 0.130. The molecular formula is C23H17I2N7O2. The lowest BCUT2D eigenvalue weighted by Crippen LogP contribution is -2.45. The van der Waals surface area contributed by atoms with Crippen LogP contribution in [0.4, 0.5) is 0 Å². The number of aromatic nitrogens is 4. The van der Waals surface area contributed by atoms with Gasteiger partial charge in [-0.05, 0) is 81.6 Å². The molecule has 6 rings (SSSR count). The van der Waals surface area contributed by atoms with E-state index in [1.54, 1.807) is 4.90 Å². The maximum atomic E-state index is 13.6. The summed E-state index contributed by atoms with van der Waals surface area (Å²) in [6.07, 6.45) is 6.23. The van der Waals surface area contributed by atoms with Crippen LogP contribution in [0.25, 0.3) is 17.0 Å². The molecule has 0 saturated carbocycles. The van der Waals surface area contributed by atoms with Gasteiger partial charge in [-0.1, -0.05) is 6.07 Å². The molecule has 2 aliphatic heterocycles. The minimum absolute atomic E-state index is 0.0410. The number of halogens is 2. The molecule has 4 aromatic rings. The predicted octanol–water partition coefficient (Wildman–Crippen LogP) is 4.06. The lowest BCUT2D eigenvalue weighted by atomic mass is 9.98. The number of rotatable bonds is 3. The van der Waals surface area contributed by atoms with E-state index >= 15 is 0 Å². The Kier molecular flexibility index (Phi) is 5.51. The number of nitrogens with one attached hydrogen (secondary N) is 2. The third-order valence-electron chi connectivity index (χ3n) is 5.80. The van der Waals surface area contributed by atoms with E-state index in [1.807, 2.05) is 65.6 Å². The molecule has 3 aromatic heterocycles. The standard InChI is InChI=1S/C23H17I2N7O2/c24-15-5-4-13(11-16(15)25)21-28-29-22(34-21)23(33)31-10-6-17-19(27-8-7-26-17)20(31)18-12-14-3-1-2-9-32(14)30-18/h1-5,7-9,11-12,20,26-27H,6,10H2/t20-/m1/s1. The number of hydrogen-bond donors (Lipinski definition) is 2. The molecule has 0 unspecified atom stereocenters. The summed E-state index contributed by atoms with van der Waals surface area (Å²) in [4.78, 5) is 15.4. The fourth-order valence-electron chi connectivity index (χ4n) is 4.20. The third kappa shape index (κ3) is 3.76. The number of carbonyl (C=O) groups is 1. The van der Waals surface area contributed by atoms with Crippen LogP contribution < -0.4 is 10.6 Å². The van der Waals surface area contributed by atoms with Crippen LogP contribution in [0.3, 0.4) is 0 Å². The highest BCUT2D eigenvalue weighted by Gasteiger charge is 2.38. The molecular weight excluding hydrogens is 660 g/mol. The summed E-state index contributed by atoms with van der Waals surface area (Å²) >= 11 is 4.53. The van der Waals surface area contributed by atoms with Crippen molar-refractivity contribution in [2.24, 2.45) is 0 Å². The molecule has 0 aliphatic carbocycles. The van der Waals surface area contributed by atoms with Gasteiger partial charge in [0.15, 0.2) is 0 Å². The lowest BCUT2D eigenvalue weighted by molar-refractivity contribution is 0.0639. The lowest BCUT2D eigenvalue weighted by Gasteiger charge is -2.38. The summed E-state index contributed by atoms with van der Waals surface area (Å²) in [7, 11) is 0. The molecule has 1 aromatic carbocycles. The number of fused-ring (bicyclic) bond motifs is 1. The topological polar surface area (TPSA) is 101 Å². The molecule has 11 heteroatoms. The van der Waals surface area contributed by atoms with Crippen LogP contribution in [0.15, 0.2) is 76.9 Å². The van der Waals surface area contributed by atoms with E-state index in [0.29, 0.717) is 18.9 Å². The first-order valence-corrected chi connectivity index (χ1v) is 12.7. The van der Waals surface area contributed by atoms with Crippen LogP contribution in [0.5, 0.6) is 0 Å². The normalized spacial score (nSPS) is 17.5. The summed E-state index contributed by atoms with van der Waals surface area (Å²) in [5.41, 5.74) is 4.40. The molecule has 9 nitrogen and oxygen atoms in total. The van der Waals surface area contributed by atoms with E-state index in [9.17, 15) is 4.79 Å². The molecule has 170 valence electrons. The Balaban J connectivity index is 1.38. The molecule has 0 fully saturated rings. The zero-order chi connectivity index (χ0) is 23.2. The second kappa shape index (κ2) is 8.69. The highest BCUT2D eigenvalue weighted by molar-refractivity contribution is 14.1. The van der Waals surface area contributed by atoms with Crippen molar-refractivity contribution in [3.8, 4) is 11.5 Å². The van der Waals surface area contributed by atoms with Gasteiger partial charge in [-0.25, -0.2) is 4.52 Å². The predicted molar refractivity (Wildman–Crippen MR) is 141 cm³/mol. The van der Waals surface area contributed by atoms with Crippen LogP contribution in [0, 0.1) is 7.14 Å². The van der Waals surface area contributed by atoms with Gasteiger partial charge in [-0.3, -0.25) is 4.79 Å². The maximum Gasteiger partial charge on any atom is 0.312 e. The Labute approximate surface area is 221 Å². The number of pyridine rings is 1. The second-order valence-corrected chi connectivity index (χ2v) is 10.2. The fourth-order valence-corrected chi connectivity index (χ4v) is 5.05. The van der Waals surface area contributed by atoms with E-state index < -0.39 is 6.04 Å². The maximum absolute atomic E-state index is 13.6. The largest absolute Gasteiger partial charge is 0.412 e. The van der Waals surface area contributed by atoms with Gasteiger partial charge in [0.2, 0.25) is 5.89 Å². The first-order chi connectivity index (χ1) is 16.6. The Morgan fingerprint density at radius 1 is 1.06 bits per heavy atom. The van der Waals surface area contributed by atoms with Gasteiger partial charge < -0.3 is 20.0 Å². The molecule has 1 amide bonds. The van der Waals surface area contributed by atoms with Crippen LogP contribution in [-0.2, 0) is 0 Å². The number of nitrogens with zero attached hydrogens (tertiary/aromatic N) is 5. The van der Waals surface area contributed by atoms with E-state index in [-0.39, 0.29) is 11.8 Å². The first kappa shape index (κ1) is 21.6. The van der Waals surface area contributed by atoms with Gasteiger partial charge in [0.1, 0.15) is 6.04 Å². The average molecular weight is 677 g/mol. The number of carbonyl (C=O) groups excluding carboxylic acids is 1. The molecule has 2 aliphatic rings. The van der Waals surface area contributed by atoms with Crippen LogP contribution in [0.2, 0.25) is 0 Å². The third-order valence-corrected chi connectivity index (χ3v) is 8.66. The Hall–Kier alpha value is -2.94. The van der Waals surface area contributed by atoms with Gasteiger partial charge in [0.25, 0.3) is 0 Å². The molecule has 0 radical (unpaired) electrons. The van der Waals surface area contributed by atoms with Gasteiger partial charge in [0.05, 0.1) is 16.9 Å². The Bertz CT molecular complexity index is 1460. The van der Waals surface area contributed by atoms with Crippen molar-refractivity contribution >= 4 is 56.6 Å². The van der Waals surface area contributed by atoms with Crippen molar-refractivity contribution in [3.05, 3.63) is 91.2 Å². The smallest absolute Gasteiger partial charge is 0.312 e. The minimum Gasteiger partial charge on any atom is -0.412 e. The van der Waals surface area contributed by atoms with Crippen molar-refractivity contribution in [2.45, 2.75) is 12.5 Å². The quantitative estimate of drug-likeness (QED) is 0.316. The highest BCUT2D eigenvalue weighted by atomic mass is 127. The van der Waals surface area contributed by atoms with E-state index in [4.69, 9.17) is 9.52 Å². The van der Waals surface area contributed by atoms with Gasteiger partial charge in [-0.2, -0.15) is 5.10 Å². The zero-order valence-corrected chi connectivity index (χ0v) is 21.9. The summed E-state index contributed by atoms with van der Waals surface area (Å²) in [6, 6.07) is 13.3. The average Bonchev–Trinajstić information content (AvgIpc) is 3.52. The number of hydrogen-bond acceptors (Lipinski definition) is 7. The molecule has 2 N–H and O–H groups in total. The van der Waals surface area contributed by atoms with Crippen molar-refractivity contribution in [1.82, 2.24) is 35.3 Å². The van der Waals surface area contributed by atoms with Crippen molar-refractivity contribution in [3.63, 3.8) is 0 Å². The van der Waals surface area contributed by atoms with Crippen LogP contribution >= 0.6 is 45.2 Å². The Morgan fingerprint density at radius 2 is 1.94 bits per heavy atom. The van der Waals surface area contributed by atoms with Crippen molar-refractivity contribution in [1.29, 1.82) is 0 Å². The molecule has 5 heterocycles. The SMILES string of the molecule is O=C(c1nnc(-c2ccc(I)c(I)c2)o1)N1CCC2=C(NC=CN2)[C@H]1c1cc2ccccn2n1. The monoisotopic (exact) mass is 677 g/mol. The van der Waals surface area contributed by atoms with Gasteiger partial charge >= 0.3 is 11.8 Å². The summed E-state index contributed by atoms with van der Waals surface area (Å²) < 4.78 is 9.86.